The van der Waals surface area contributed by atoms with Crippen LogP contribution >= 0.6 is 0 Å². The molecule has 1 saturated heterocycles. The van der Waals surface area contributed by atoms with E-state index in [1.165, 1.54) is 13.3 Å². The lowest BCUT2D eigenvalue weighted by molar-refractivity contribution is 0.00235. The average molecular weight is 442 g/mol. The molecule has 2 aromatic rings. The molecule has 1 aromatic heterocycles. The number of rotatable bonds is 5. The molecule has 0 saturated carbocycles. The first-order valence-electron chi connectivity index (χ1n) is 10.7. The van der Waals surface area contributed by atoms with Crippen molar-refractivity contribution in [2.24, 2.45) is 0 Å². The maximum atomic E-state index is 12.7. The monoisotopic (exact) mass is 441 g/mol. The number of carbonyl (C=O) groups is 2. The zero-order valence-corrected chi connectivity index (χ0v) is 19.6. The van der Waals surface area contributed by atoms with E-state index in [4.69, 9.17) is 14.2 Å². The fraction of sp³-hybridized carbons (Fsp3) is 0.500. The summed E-state index contributed by atoms with van der Waals surface area (Å²) in [5.41, 5.74) is 1.48. The van der Waals surface area contributed by atoms with Crippen LogP contribution in [-0.4, -0.2) is 58.3 Å². The number of ether oxygens (including phenoxy) is 3. The van der Waals surface area contributed by atoms with E-state index in [0.29, 0.717) is 18.8 Å². The first-order valence-corrected chi connectivity index (χ1v) is 10.7. The largest absolute Gasteiger partial charge is 0.491 e. The topological polar surface area (TPSA) is 90.9 Å². The quantitative estimate of drug-likeness (QED) is 0.635. The van der Waals surface area contributed by atoms with Gasteiger partial charge in [0.05, 0.1) is 30.7 Å². The van der Waals surface area contributed by atoms with E-state index in [1.807, 2.05) is 52.8 Å². The Morgan fingerprint density at radius 3 is 2.62 bits per heavy atom. The summed E-state index contributed by atoms with van der Waals surface area (Å²) in [6.45, 7) is 10.6. The molecule has 0 radical (unpaired) electrons. The SMILES string of the molecule is COC(=O)c1cncc(-c2ccc(OC[C@]3(C)CCCN3C(=O)OC(C)(C)C)c(C)c2)n1. The number of methoxy groups -OCH3 is 1. The van der Waals surface area contributed by atoms with Gasteiger partial charge in [0.1, 0.15) is 18.0 Å². The Morgan fingerprint density at radius 1 is 1.22 bits per heavy atom. The first kappa shape index (κ1) is 23.5. The van der Waals surface area contributed by atoms with Gasteiger partial charge >= 0.3 is 12.1 Å². The average Bonchev–Trinajstić information content (AvgIpc) is 3.13. The number of aromatic nitrogens is 2. The van der Waals surface area contributed by atoms with Crippen LogP contribution in [0.25, 0.3) is 11.3 Å². The van der Waals surface area contributed by atoms with Gasteiger partial charge in [-0.05, 0) is 71.2 Å². The second-order valence-corrected chi connectivity index (χ2v) is 9.28. The first-order chi connectivity index (χ1) is 15.0. The maximum absolute atomic E-state index is 12.7. The minimum atomic E-state index is -0.540. The minimum Gasteiger partial charge on any atom is -0.491 e. The smallest absolute Gasteiger partial charge is 0.410 e. The Kier molecular flexibility index (Phi) is 6.71. The molecule has 1 atom stereocenters. The zero-order valence-electron chi connectivity index (χ0n) is 19.6. The summed E-state index contributed by atoms with van der Waals surface area (Å²) in [5.74, 6) is 0.193. The molecule has 2 heterocycles. The van der Waals surface area contributed by atoms with E-state index >= 15 is 0 Å². The van der Waals surface area contributed by atoms with Gasteiger partial charge < -0.3 is 14.2 Å². The number of amides is 1. The van der Waals surface area contributed by atoms with Crippen molar-refractivity contribution in [2.75, 3.05) is 20.3 Å². The number of benzene rings is 1. The lowest BCUT2D eigenvalue weighted by Crippen LogP contribution is -2.50. The Hall–Kier alpha value is -3.16. The molecule has 0 N–H and O–H groups in total. The molecular weight excluding hydrogens is 410 g/mol. The number of likely N-dealkylation sites (tertiary alicyclic amines) is 1. The standard InChI is InChI=1S/C24H31N3O5/c1-16-12-17(18-13-25-14-19(26-18)21(28)30-6)8-9-20(16)31-15-24(5)10-7-11-27(24)22(29)32-23(2,3)4/h8-9,12-14H,7,10-11,15H2,1-6H3/t24-/m0/s1. The van der Waals surface area contributed by atoms with Crippen molar-refractivity contribution >= 4 is 12.1 Å². The van der Waals surface area contributed by atoms with Crippen LogP contribution in [0.15, 0.2) is 30.6 Å². The van der Waals surface area contributed by atoms with Crippen molar-refractivity contribution in [1.82, 2.24) is 14.9 Å². The second-order valence-electron chi connectivity index (χ2n) is 9.28. The number of nitrogens with zero attached hydrogens (tertiary/aromatic N) is 3. The predicted octanol–water partition coefficient (Wildman–Crippen LogP) is 4.41. The molecule has 1 amide bonds. The third-order valence-corrected chi connectivity index (χ3v) is 5.40. The van der Waals surface area contributed by atoms with E-state index in [2.05, 4.69) is 9.97 Å². The van der Waals surface area contributed by atoms with Crippen LogP contribution in [0.1, 0.15) is 56.6 Å². The van der Waals surface area contributed by atoms with Crippen LogP contribution in [0, 0.1) is 6.92 Å². The van der Waals surface area contributed by atoms with Gasteiger partial charge in [0.15, 0.2) is 5.69 Å². The van der Waals surface area contributed by atoms with Crippen LogP contribution in [0.2, 0.25) is 0 Å². The van der Waals surface area contributed by atoms with E-state index in [1.54, 1.807) is 11.1 Å². The van der Waals surface area contributed by atoms with Crippen LogP contribution in [0.5, 0.6) is 5.75 Å². The van der Waals surface area contributed by atoms with Gasteiger partial charge in [-0.2, -0.15) is 0 Å². The minimum absolute atomic E-state index is 0.152. The number of hydrogen-bond donors (Lipinski definition) is 0. The molecule has 1 fully saturated rings. The van der Waals surface area contributed by atoms with Crippen LogP contribution in [-0.2, 0) is 9.47 Å². The maximum Gasteiger partial charge on any atom is 0.410 e. The second kappa shape index (κ2) is 9.14. The molecule has 32 heavy (non-hydrogen) atoms. The molecule has 172 valence electrons. The highest BCUT2D eigenvalue weighted by Gasteiger charge is 2.42. The van der Waals surface area contributed by atoms with Gasteiger partial charge in [-0.15, -0.1) is 0 Å². The third kappa shape index (κ3) is 5.36. The van der Waals surface area contributed by atoms with Crippen LogP contribution in [0.4, 0.5) is 4.79 Å². The van der Waals surface area contributed by atoms with Crippen LogP contribution < -0.4 is 4.74 Å². The number of carbonyl (C=O) groups excluding carboxylic acids is 2. The Balaban J connectivity index is 1.72. The molecule has 8 heteroatoms. The lowest BCUT2D eigenvalue weighted by Gasteiger charge is -2.36. The summed E-state index contributed by atoms with van der Waals surface area (Å²) in [6.07, 6.45) is 4.42. The van der Waals surface area contributed by atoms with Gasteiger partial charge in [-0.25, -0.2) is 14.6 Å². The molecule has 1 aliphatic heterocycles. The predicted molar refractivity (Wildman–Crippen MR) is 120 cm³/mol. The van der Waals surface area contributed by atoms with Crippen molar-refractivity contribution in [3.8, 4) is 17.0 Å². The van der Waals surface area contributed by atoms with Gasteiger partial charge in [0.2, 0.25) is 0 Å². The number of hydrogen-bond acceptors (Lipinski definition) is 7. The molecular formula is C24H31N3O5. The van der Waals surface area contributed by atoms with E-state index in [9.17, 15) is 9.59 Å². The fourth-order valence-electron chi connectivity index (χ4n) is 3.71. The normalized spacial score (nSPS) is 18.4. The Bertz CT molecular complexity index is 1000. The van der Waals surface area contributed by atoms with Gasteiger partial charge in [0, 0.05) is 12.1 Å². The van der Waals surface area contributed by atoms with Gasteiger partial charge in [-0.1, -0.05) is 0 Å². The molecule has 3 rings (SSSR count). The molecule has 0 aliphatic carbocycles. The van der Waals surface area contributed by atoms with E-state index in [-0.39, 0.29) is 11.8 Å². The summed E-state index contributed by atoms with van der Waals surface area (Å²) in [7, 11) is 1.31. The molecule has 0 spiro atoms. The molecule has 8 nitrogen and oxygen atoms in total. The number of esters is 1. The molecule has 0 unspecified atom stereocenters. The van der Waals surface area contributed by atoms with Crippen molar-refractivity contribution in [3.63, 3.8) is 0 Å². The van der Waals surface area contributed by atoms with Gasteiger partial charge in [-0.3, -0.25) is 9.88 Å². The molecule has 0 bridgehead atoms. The van der Waals surface area contributed by atoms with E-state index in [0.717, 1.165) is 29.7 Å². The zero-order chi connectivity index (χ0) is 23.5. The van der Waals surface area contributed by atoms with Crippen molar-refractivity contribution in [3.05, 3.63) is 41.9 Å². The molecule has 1 aromatic carbocycles. The summed E-state index contributed by atoms with van der Waals surface area (Å²) < 4.78 is 16.4. The Labute approximate surface area is 188 Å². The number of aryl methyl sites for hydroxylation is 1. The summed E-state index contributed by atoms with van der Waals surface area (Å²) in [5, 5.41) is 0. The van der Waals surface area contributed by atoms with E-state index < -0.39 is 17.1 Å². The van der Waals surface area contributed by atoms with Crippen molar-refractivity contribution in [2.45, 2.75) is 58.6 Å². The lowest BCUT2D eigenvalue weighted by atomic mass is 10.0. The highest BCUT2D eigenvalue weighted by molar-refractivity contribution is 5.87. The van der Waals surface area contributed by atoms with Crippen molar-refractivity contribution < 1.29 is 23.8 Å². The Morgan fingerprint density at radius 2 is 1.97 bits per heavy atom. The summed E-state index contributed by atoms with van der Waals surface area (Å²) >= 11 is 0. The highest BCUT2D eigenvalue weighted by Crippen LogP contribution is 2.33. The van der Waals surface area contributed by atoms with Crippen LogP contribution in [0.3, 0.4) is 0 Å². The van der Waals surface area contributed by atoms with Crippen molar-refractivity contribution in [1.29, 1.82) is 0 Å². The molecule has 1 aliphatic rings. The summed E-state index contributed by atoms with van der Waals surface area (Å²) in [6, 6.07) is 5.67. The highest BCUT2D eigenvalue weighted by atomic mass is 16.6. The third-order valence-electron chi connectivity index (χ3n) is 5.40. The fourth-order valence-corrected chi connectivity index (χ4v) is 3.71. The van der Waals surface area contributed by atoms with Gasteiger partial charge in [0.25, 0.3) is 0 Å². The summed E-state index contributed by atoms with van der Waals surface area (Å²) in [4.78, 5) is 34.6.